The van der Waals surface area contributed by atoms with Crippen LogP contribution in [0.15, 0.2) is 54.6 Å². The van der Waals surface area contributed by atoms with Gasteiger partial charge in [0.05, 0.1) is 5.54 Å². The second kappa shape index (κ2) is 6.59. The third-order valence-corrected chi connectivity index (χ3v) is 4.52. The van der Waals surface area contributed by atoms with Crippen molar-refractivity contribution in [3.8, 4) is 0 Å². The Morgan fingerprint density at radius 3 is 2.27 bits per heavy atom. The Hall–Kier alpha value is -1.71. The SMILES string of the molecule is NC(Cc1ccccc1F)(CN1CCCC1)c1ccccc1. The average Bonchev–Trinajstić information content (AvgIpc) is 3.03. The molecular weight excluding hydrogens is 275 g/mol. The first-order valence-electron chi connectivity index (χ1n) is 7.98. The summed E-state index contributed by atoms with van der Waals surface area (Å²) in [5.74, 6) is -0.172. The van der Waals surface area contributed by atoms with Crippen LogP contribution in [0.4, 0.5) is 4.39 Å². The quantitative estimate of drug-likeness (QED) is 0.917. The minimum Gasteiger partial charge on any atom is -0.320 e. The predicted octanol–water partition coefficient (Wildman–Crippen LogP) is 3.32. The Balaban J connectivity index is 1.90. The Labute approximate surface area is 131 Å². The van der Waals surface area contributed by atoms with E-state index in [1.807, 2.05) is 30.3 Å². The average molecular weight is 298 g/mol. The van der Waals surface area contributed by atoms with Crippen LogP contribution in [-0.2, 0) is 12.0 Å². The second-order valence-electron chi connectivity index (χ2n) is 6.27. The van der Waals surface area contributed by atoms with E-state index < -0.39 is 5.54 Å². The topological polar surface area (TPSA) is 29.3 Å². The van der Waals surface area contributed by atoms with Gasteiger partial charge in [0.15, 0.2) is 0 Å². The molecule has 0 saturated carbocycles. The molecule has 0 bridgehead atoms. The van der Waals surface area contributed by atoms with Crippen LogP contribution in [0, 0.1) is 5.82 Å². The minimum absolute atomic E-state index is 0.172. The van der Waals surface area contributed by atoms with Gasteiger partial charge in [-0.05, 0) is 49.5 Å². The van der Waals surface area contributed by atoms with Gasteiger partial charge < -0.3 is 10.6 Å². The maximum Gasteiger partial charge on any atom is 0.126 e. The van der Waals surface area contributed by atoms with Crippen LogP contribution in [0.5, 0.6) is 0 Å². The van der Waals surface area contributed by atoms with E-state index in [9.17, 15) is 4.39 Å². The molecule has 2 N–H and O–H groups in total. The highest BCUT2D eigenvalue weighted by Crippen LogP contribution is 2.27. The summed E-state index contributed by atoms with van der Waals surface area (Å²) in [5.41, 5.74) is 7.99. The summed E-state index contributed by atoms with van der Waals surface area (Å²) in [6.07, 6.45) is 2.97. The van der Waals surface area contributed by atoms with E-state index in [4.69, 9.17) is 5.73 Å². The van der Waals surface area contributed by atoms with Crippen molar-refractivity contribution in [3.63, 3.8) is 0 Å². The van der Waals surface area contributed by atoms with Crippen LogP contribution in [-0.4, -0.2) is 24.5 Å². The summed E-state index contributed by atoms with van der Waals surface area (Å²) in [4.78, 5) is 2.40. The van der Waals surface area contributed by atoms with Crippen molar-refractivity contribution < 1.29 is 4.39 Å². The molecule has 0 amide bonds. The lowest BCUT2D eigenvalue weighted by Crippen LogP contribution is -2.48. The zero-order valence-corrected chi connectivity index (χ0v) is 12.8. The number of benzene rings is 2. The number of rotatable bonds is 5. The van der Waals surface area contributed by atoms with Crippen LogP contribution < -0.4 is 5.73 Å². The monoisotopic (exact) mass is 298 g/mol. The molecule has 2 aromatic rings. The molecule has 1 fully saturated rings. The number of nitrogens with zero attached hydrogens (tertiary/aromatic N) is 1. The van der Waals surface area contributed by atoms with Gasteiger partial charge in [-0.1, -0.05) is 48.5 Å². The molecule has 1 atom stereocenters. The highest BCUT2D eigenvalue weighted by Gasteiger charge is 2.32. The molecule has 0 spiro atoms. The molecular formula is C19H23FN2. The lowest BCUT2D eigenvalue weighted by molar-refractivity contribution is 0.244. The van der Waals surface area contributed by atoms with Crippen LogP contribution in [0.1, 0.15) is 24.0 Å². The zero-order chi connectivity index (χ0) is 15.4. The number of halogens is 1. The first-order chi connectivity index (χ1) is 10.7. The first kappa shape index (κ1) is 15.2. The molecule has 116 valence electrons. The summed E-state index contributed by atoms with van der Waals surface area (Å²) < 4.78 is 14.1. The van der Waals surface area contributed by atoms with E-state index in [0.717, 1.165) is 25.2 Å². The van der Waals surface area contributed by atoms with Crippen LogP contribution in [0.2, 0.25) is 0 Å². The fourth-order valence-electron chi connectivity index (χ4n) is 3.34. The highest BCUT2D eigenvalue weighted by molar-refractivity contribution is 5.29. The molecule has 0 aromatic heterocycles. The third kappa shape index (κ3) is 3.37. The largest absolute Gasteiger partial charge is 0.320 e. The van der Waals surface area contributed by atoms with Crippen molar-refractivity contribution in [2.24, 2.45) is 5.73 Å². The maximum absolute atomic E-state index is 14.1. The molecule has 3 rings (SSSR count). The summed E-state index contributed by atoms with van der Waals surface area (Å²) in [5, 5.41) is 0. The summed E-state index contributed by atoms with van der Waals surface area (Å²) in [6.45, 7) is 2.94. The molecule has 1 aliphatic heterocycles. The molecule has 1 heterocycles. The lowest BCUT2D eigenvalue weighted by atomic mass is 9.84. The summed E-state index contributed by atoms with van der Waals surface area (Å²) in [6, 6.07) is 17.0. The second-order valence-corrected chi connectivity index (χ2v) is 6.27. The lowest BCUT2D eigenvalue weighted by Gasteiger charge is -2.34. The van der Waals surface area contributed by atoms with Crippen molar-refractivity contribution in [2.75, 3.05) is 19.6 Å². The van der Waals surface area contributed by atoms with Crippen LogP contribution in [0.3, 0.4) is 0 Å². The van der Waals surface area contributed by atoms with E-state index in [1.165, 1.54) is 18.9 Å². The summed E-state index contributed by atoms with van der Waals surface area (Å²) >= 11 is 0. The standard InChI is InChI=1S/C19H23FN2/c20-18-11-5-4-8-16(18)14-19(21,15-22-12-6-7-13-22)17-9-2-1-3-10-17/h1-5,8-11H,6-7,12-15,21H2. The van der Waals surface area contributed by atoms with Crippen molar-refractivity contribution in [1.29, 1.82) is 0 Å². The van der Waals surface area contributed by atoms with Gasteiger partial charge in [0.1, 0.15) is 5.82 Å². The van der Waals surface area contributed by atoms with E-state index in [-0.39, 0.29) is 5.82 Å². The van der Waals surface area contributed by atoms with Gasteiger partial charge in [0.2, 0.25) is 0 Å². The molecule has 2 aromatic carbocycles. The van der Waals surface area contributed by atoms with Gasteiger partial charge in [-0.3, -0.25) is 0 Å². The van der Waals surface area contributed by atoms with Gasteiger partial charge in [-0.2, -0.15) is 0 Å². The minimum atomic E-state index is -0.562. The van der Waals surface area contributed by atoms with E-state index >= 15 is 0 Å². The Morgan fingerprint density at radius 1 is 0.955 bits per heavy atom. The molecule has 0 radical (unpaired) electrons. The summed E-state index contributed by atoms with van der Waals surface area (Å²) in [7, 11) is 0. The number of nitrogens with two attached hydrogens (primary N) is 1. The predicted molar refractivity (Wildman–Crippen MR) is 88.1 cm³/mol. The van der Waals surface area contributed by atoms with Crippen molar-refractivity contribution >= 4 is 0 Å². The highest BCUT2D eigenvalue weighted by atomic mass is 19.1. The van der Waals surface area contributed by atoms with Crippen molar-refractivity contribution in [3.05, 3.63) is 71.5 Å². The third-order valence-electron chi connectivity index (χ3n) is 4.52. The molecule has 0 aliphatic carbocycles. The van der Waals surface area contributed by atoms with Gasteiger partial charge in [-0.15, -0.1) is 0 Å². The fourth-order valence-corrected chi connectivity index (χ4v) is 3.34. The van der Waals surface area contributed by atoms with Crippen LogP contribution >= 0.6 is 0 Å². The van der Waals surface area contributed by atoms with Crippen molar-refractivity contribution in [1.82, 2.24) is 4.90 Å². The molecule has 22 heavy (non-hydrogen) atoms. The van der Waals surface area contributed by atoms with E-state index in [0.29, 0.717) is 12.0 Å². The molecule has 2 nitrogen and oxygen atoms in total. The van der Waals surface area contributed by atoms with Gasteiger partial charge in [0.25, 0.3) is 0 Å². The smallest absolute Gasteiger partial charge is 0.126 e. The molecule has 1 unspecified atom stereocenters. The van der Waals surface area contributed by atoms with Crippen LogP contribution in [0.25, 0.3) is 0 Å². The van der Waals surface area contributed by atoms with E-state index in [2.05, 4.69) is 17.0 Å². The molecule has 1 aliphatic rings. The fraction of sp³-hybridized carbons (Fsp3) is 0.368. The maximum atomic E-state index is 14.1. The molecule has 1 saturated heterocycles. The zero-order valence-electron chi connectivity index (χ0n) is 12.8. The number of hydrogen-bond acceptors (Lipinski definition) is 2. The van der Waals surface area contributed by atoms with E-state index in [1.54, 1.807) is 6.07 Å². The first-order valence-corrected chi connectivity index (χ1v) is 7.98. The molecule has 3 heteroatoms. The Bertz CT molecular complexity index is 608. The van der Waals surface area contributed by atoms with Gasteiger partial charge in [-0.25, -0.2) is 4.39 Å². The number of hydrogen-bond donors (Lipinski definition) is 1. The van der Waals surface area contributed by atoms with Gasteiger partial charge in [0, 0.05) is 6.54 Å². The van der Waals surface area contributed by atoms with Gasteiger partial charge >= 0.3 is 0 Å². The number of likely N-dealkylation sites (tertiary alicyclic amines) is 1. The Morgan fingerprint density at radius 2 is 1.59 bits per heavy atom. The normalized spacial score (nSPS) is 18.3. The Kier molecular flexibility index (Phi) is 4.55. The van der Waals surface area contributed by atoms with Crippen molar-refractivity contribution in [2.45, 2.75) is 24.8 Å².